The smallest absolute Gasteiger partial charge is 0.333 e. The van der Waals surface area contributed by atoms with Gasteiger partial charge >= 0.3 is 6.55 Å². The molecule has 3 aromatic heterocycles. The largest absolute Gasteiger partial charge is 0.458 e. The minimum Gasteiger partial charge on any atom is -0.458 e. The lowest BCUT2D eigenvalue weighted by atomic mass is 9.99. The Morgan fingerprint density at radius 1 is 1.34 bits per heavy atom. The number of amides is 1. The summed E-state index contributed by atoms with van der Waals surface area (Å²) in [5.41, 5.74) is 3.09. The number of carbonyl (C=O) groups excluding carboxylic acids is 1. The number of alkyl halides is 2. The average molecular weight is 397 g/mol. The lowest BCUT2D eigenvalue weighted by molar-refractivity contribution is 0.0436. The highest BCUT2D eigenvalue weighted by atomic mass is 19.3. The van der Waals surface area contributed by atoms with Crippen molar-refractivity contribution in [1.82, 2.24) is 24.6 Å². The molecule has 29 heavy (non-hydrogen) atoms. The number of aromatic amines is 1. The van der Waals surface area contributed by atoms with E-state index in [0.717, 1.165) is 22.2 Å². The number of nitrogens with zero attached hydrogens (tertiary/aromatic N) is 4. The minimum absolute atomic E-state index is 0.170. The zero-order chi connectivity index (χ0) is 20.1. The predicted octanol–water partition coefficient (Wildman–Crippen LogP) is 3.84. The van der Waals surface area contributed by atoms with Crippen LogP contribution >= 0.6 is 0 Å². The van der Waals surface area contributed by atoms with Crippen molar-refractivity contribution >= 4 is 16.9 Å². The number of furan rings is 1. The first-order valence-corrected chi connectivity index (χ1v) is 9.18. The summed E-state index contributed by atoms with van der Waals surface area (Å²) in [6.45, 7) is -0.619. The highest BCUT2D eigenvalue weighted by Crippen LogP contribution is 2.37. The van der Waals surface area contributed by atoms with Crippen molar-refractivity contribution in [2.75, 3.05) is 6.54 Å². The van der Waals surface area contributed by atoms with Crippen molar-refractivity contribution in [1.29, 1.82) is 0 Å². The number of carbonyl (C=O) groups is 1. The number of fused-ring (bicyclic) bond motifs is 2. The summed E-state index contributed by atoms with van der Waals surface area (Å²) in [6, 6.07) is 8.37. The quantitative estimate of drug-likeness (QED) is 0.570. The molecule has 1 aliphatic heterocycles. The number of benzene rings is 1. The molecule has 1 amide bonds. The van der Waals surface area contributed by atoms with Gasteiger partial charge in [-0.25, -0.2) is 4.98 Å². The topological polar surface area (TPSA) is 80.0 Å². The van der Waals surface area contributed by atoms with Crippen molar-refractivity contribution in [2.45, 2.75) is 25.9 Å². The van der Waals surface area contributed by atoms with Crippen LogP contribution in [0.3, 0.4) is 0 Å². The molecule has 5 rings (SSSR count). The minimum atomic E-state index is -2.90. The van der Waals surface area contributed by atoms with E-state index in [1.165, 1.54) is 17.2 Å². The van der Waals surface area contributed by atoms with Gasteiger partial charge in [0.05, 0.1) is 12.0 Å². The molecule has 0 aliphatic carbocycles. The normalized spacial score (nSPS) is 16.6. The molecule has 1 atom stereocenters. The maximum atomic E-state index is 13.3. The number of H-pyrrole nitrogens is 1. The number of imidazole rings is 1. The van der Waals surface area contributed by atoms with Gasteiger partial charge in [-0.2, -0.15) is 18.6 Å². The summed E-state index contributed by atoms with van der Waals surface area (Å²) in [5, 5.41) is 4.49. The van der Waals surface area contributed by atoms with Crippen LogP contribution in [0.25, 0.3) is 11.0 Å². The van der Waals surface area contributed by atoms with Crippen molar-refractivity contribution < 1.29 is 18.0 Å². The molecule has 0 radical (unpaired) electrons. The van der Waals surface area contributed by atoms with Gasteiger partial charge in [0.2, 0.25) is 0 Å². The first-order chi connectivity index (χ1) is 14.0. The number of aryl methyl sites for hydroxylation is 1. The molecule has 1 aliphatic rings. The highest BCUT2D eigenvalue weighted by Gasteiger charge is 2.38. The van der Waals surface area contributed by atoms with E-state index in [1.807, 2.05) is 31.2 Å². The van der Waals surface area contributed by atoms with Crippen molar-refractivity contribution in [3.05, 3.63) is 71.3 Å². The molecular weight excluding hydrogens is 380 g/mol. The van der Waals surface area contributed by atoms with E-state index in [1.54, 1.807) is 6.33 Å². The molecule has 0 bridgehead atoms. The molecule has 148 valence electrons. The molecule has 9 heteroatoms. The molecule has 7 nitrogen and oxygen atoms in total. The number of halogens is 2. The number of rotatable bonds is 3. The third-order valence-corrected chi connectivity index (χ3v) is 5.29. The van der Waals surface area contributed by atoms with Gasteiger partial charge in [-0.05, 0) is 24.6 Å². The Morgan fingerprint density at radius 3 is 3.00 bits per heavy atom. The first kappa shape index (κ1) is 17.6. The zero-order valence-corrected chi connectivity index (χ0v) is 15.5. The lowest BCUT2D eigenvalue weighted by Crippen LogP contribution is -2.41. The molecule has 0 unspecified atom stereocenters. The number of aromatic nitrogens is 4. The summed E-state index contributed by atoms with van der Waals surface area (Å²) < 4.78 is 33.1. The van der Waals surface area contributed by atoms with Gasteiger partial charge in [0.15, 0.2) is 0 Å². The predicted molar refractivity (Wildman–Crippen MR) is 99.6 cm³/mol. The number of nitrogens with one attached hydrogen (secondary N) is 1. The maximum Gasteiger partial charge on any atom is 0.333 e. The molecule has 4 heterocycles. The summed E-state index contributed by atoms with van der Waals surface area (Å²) in [7, 11) is 0. The second-order valence-corrected chi connectivity index (χ2v) is 7.00. The van der Waals surface area contributed by atoms with Crippen molar-refractivity contribution in [3.8, 4) is 0 Å². The molecule has 0 spiro atoms. The van der Waals surface area contributed by atoms with Crippen LogP contribution in [0.5, 0.6) is 0 Å². The molecule has 1 N–H and O–H groups in total. The van der Waals surface area contributed by atoms with Crippen LogP contribution < -0.4 is 0 Å². The third-order valence-electron chi connectivity index (χ3n) is 5.29. The van der Waals surface area contributed by atoms with Crippen molar-refractivity contribution in [2.24, 2.45) is 0 Å². The average Bonchev–Trinajstić information content (AvgIpc) is 3.44. The lowest BCUT2D eigenvalue weighted by Gasteiger charge is -2.33. The van der Waals surface area contributed by atoms with E-state index in [-0.39, 0.29) is 5.69 Å². The fraction of sp³-hybridized carbons (Fsp3) is 0.250. The van der Waals surface area contributed by atoms with Crippen LogP contribution in [0.2, 0.25) is 0 Å². The number of hydrogen-bond donors (Lipinski definition) is 1. The second-order valence-electron chi connectivity index (χ2n) is 7.00. The zero-order valence-electron chi connectivity index (χ0n) is 15.5. The summed E-state index contributed by atoms with van der Waals surface area (Å²) >= 11 is 0. The van der Waals surface area contributed by atoms with Crippen LogP contribution in [-0.2, 0) is 6.42 Å². The number of hydrogen-bond acceptors (Lipinski definition) is 4. The first-order valence-electron chi connectivity index (χ1n) is 9.18. The van der Waals surface area contributed by atoms with E-state index in [0.29, 0.717) is 29.1 Å². The van der Waals surface area contributed by atoms with E-state index in [4.69, 9.17) is 4.42 Å². The van der Waals surface area contributed by atoms with Gasteiger partial charge in [-0.1, -0.05) is 18.2 Å². The van der Waals surface area contributed by atoms with Crippen molar-refractivity contribution in [3.63, 3.8) is 0 Å². The summed E-state index contributed by atoms with van der Waals surface area (Å²) in [5.74, 6) is -0.00237. The van der Waals surface area contributed by atoms with Crippen LogP contribution in [0.4, 0.5) is 8.78 Å². The number of para-hydroxylation sites is 1. The fourth-order valence-corrected chi connectivity index (χ4v) is 3.93. The third kappa shape index (κ3) is 2.72. The Kier molecular flexibility index (Phi) is 3.97. The van der Waals surface area contributed by atoms with Gasteiger partial charge in [-0.15, -0.1) is 0 Å². The SMILES string of the molecule is Cc1cccc2cc([C@@H]3c4nc[nH]c4CCN3C(=O)c3ccnn3C(F)F)oc12. The van der Waals surface area contributed by atoms with Crippen LogP contribution in [0.15, 0.2) is 47.3 Å². The molecule has 4 aromatic rings. The Morgan fingerprint density at radius 2 is 2.21 bits per heavy atom. The summed E-state index contributed by atoms with van der Waals surface area (Å²) in [6.07, 6.45) is 3.31. The Balaban J connectivity index is 1.63. The van der Waals surface area contributed by atoms with Gasteiger partial charge in [0, 0.05) is 30.2 Å². The van der Waals surface area contributed by atoms with Gasteiger partial charge in [0.25, 0.3) is 5.91 Å². The van der Waals surface area contributed by atoms with E-state index < -0.39 is 18.5 Å². The molecule has 1 aromatic carbocycles. The van der Waals surface area contributed by atoms with Gasteiger partial charge in [0.1, 0.15) is 23.1 Å². The standard InChI is InChI=1S/C20H17F2N5O2/c1-11-3-2-4-12-9-15(29-18(11)12)17-16-13(23-10-24-16)6-8-26(17)19(28)14-5-7-25-27(14)20(21)22/h2-5,7,9-10,17,20H,6,8H2,1H3,(H,23,24)/t17-/m1/s1. The van der Waals surface area contributed by atoms with E-state index in [9.17, 15) is 13.6 Å². The van der Waals surface area contributed by atoms with Crippen LogP contribution in [0, 0.1) is 6.92 Å². The Bertz CT molecular complexity index is 1210. The second kappa shape index (κ2) is 6.54. The van der Waals surface area contributed by atoms with E-state index >= 15 is 0 Å². The highest BCUT2D eigenvalue weighted by molar-refractivity contribution is 5.93. The summed E-state index contributed by atoms with van der Waals surface area (Å²) in [4.78, 5) is 22.3. The van der Waals surface area contributed by atoms with Crippen LogP contribution in [-0.4, -0.2) is 37.1 Å². The van der Waals surface area contributed by atoms with Gasteiger partial charge < -0.3 is 14.3 Å². The fourth-order valence-electron chi connectivity index (χ4n) is 3.93. The Hall–Kier alpha value is -3.49. The Labute approximate surface area is 163 Å². The van der Waals surface area contributed by atoms with E-state index in [2.05, 4.69) is 15.1 Å². The molecular formula is C20H17F2N5O2. The maximum absolute atomic E-state index is 13.3. The molecule has 0 saturated heterocycles. The molecule has 0 fully saturated rings. The monoisotopic (exact) mass is 397 g/mol. The molecule has 0 saturated carbocycles. The van der Waals surface area contributed by atoms with Crippen LogP contribution in [0.1, 0.15) is 45.8 Å². The van der Waals surface area contributed by atoms with Gasteiger partial charge in [-0.3, -0.25) is 4.79 Å².